The first-order valence-corrected chi connectivity index (χ1v) is 28.7. The van der Waals surface area contributed by atoms with Gasteiger partial charge in [-0.1, -0.05) is 294 Å². The molecule has 0 radical (unpaired) electrons. The number of amides is 1. The number of aliphatic hydroxyl groups is 2. The molecule has 0 spiro atoms. The van der Waals surface area contributed by atoms with Crippen molar-refractivity contribution in [1.82, 2.24) is 5.32 Å². The molecular formula is C59H113NO3. The van der Waals surface area contributed by atoms with Crippen LogP contribution in [0.1, 0.15) is 316 Å². The van der Waals surface area contributed by atoms with Gasteiger partial charge in [-0.3, -0.25) is 4.79 Å². The summed E-state index contributed by atoms with van der Waals surface area (Å²) in [5, 5.41) is 23.1. The minimum atomic E-state index is -0.838. The molecule has 0 rings (SSSR count). The third-order valence-corrected chi connectivity index (χ3v) is 13.4. The van der Waals surface area contributed by atoms with Gasteiger partial charge in [0.25, 0.3) is 0 Å². The Bertz CT molecular complexity index is 958. The van der Waals surface area contributed by atoms with Gasteiger partial charge in [-0.25, -0.2) is 0 Å². The summed E-state index contributed by atoms with van der Waals surface area (Å²) in [6, 6.07) is -0.621. The number of aliphatic hydroxyl groups excluding tert-OH is 2. The molecule has 4 nitrogen and oxygen atoms in total. The number of hydrogen-bond acceptors (Lipinski definition) is 3. The fourth-order valence-electron chi connectivity index (χ4n) is 8.98. The molecule has 0 aliphatic heterocycles. The van der Waals surface area contributed by atoms with Crippen molar-refractivity contribution in [3.8, 4) is 0 Å². The van der Waals surface area contributed by atoms with Gasteiger partial charge in [-0.15, -0.1) is 0 Å². The van der Waals surface area contributed by atoms with Crippen molar-refractivity contribution in [3.05, 3.63) is 36.5 Å². The van der Waals surface area contributed by atoms with Gasteiger partial charge in [0, 0.05) is 6.42 Å². The molecule has 0 aliphatic carbocycles. The lowest BCUT2D eigenvalue weighted by molar-refractivity contribution is -0.123. The van der Waals surface area contributed by atoms with E-state index in [0.29, 0.717) is 6.42 Å². The molecule has 0 saturated heterocycles. The molecule has 372 valence electrons. The molecular weight excluding hydrogens is 771 g/mol. The van der Waals surface area contributed by atoms with E-state index in [2.05, 4.69) is 43.5 Å². The first-order chi connectivity index (χ1) is 31.2. The standard InChI is InChI=1S/C59H113NO3/c1-3-5-7-9-11-13-15-17-19-21-22-23-24-25-26-27-28-29-30-31-32-33-34-35-36-37-38-39-41-43-45-47-49-51-53-55-59(63)60-57(56-61)58(62)54-52-50-48-46-44-42-40-20-18-16-14-12-10-8-6-4-2/h24-25,27-28,52,54,57-58,61-62H,3-23,26,29-51,53,55-56H2,1-2H3,(H,60,63)/b25-24-,28-27-,54-52+. The van der Waals surface area contributed by atoms with Crippen LogP contribution in [-0.4, -0.2) is 34.9 Å². The van der Waals surface area contributed by atoms with Crippen molar-refractivity contribution in [2.75, 3.05) is 6.61 Å². The Morgan fingerprint density at radius 2 is 0.651 bits per heavy atom. The van der Waals surface area contributed by atoms with Crippen LogP contribution in [0.25, 0.3) is 0 Å². The maximum Gasteiger partial charge on any atom is 0.220 e. The summed E-state index contributed by atoms with van der Waals surface area (Å²) < 4.78 is 0. The van der Waals surface area contributed by atoms with Crippen LogP contribution in [0.2, 0.25) is 0 Å². The fourth-order valence-corrected chi connectivity index (χ4v) is 8.98. The predicted molar refractivity (Wildman–Crippen MR) is 281 cm³/mol. The molecule has 0 aromatic rings. The third kappa shape index (κ3) is 51.5. The van der Waals surface area contributed by atoms with Crippen LogP contribution in [0.5, 0.6) is 0 Å². The fraction of sp³-hybridized carbons (Fsp3) is 0.881. The number of carbonyl (C=O) groups excluding carboxylic acids is 1. The number of nitrogens with one attached hydrogen (secondary N) is 1. The zero-order valence-electron chi connectivity index (χ0n) is 42.9. The van der Waals surface area contributed by atoms with Gasteiger partial charge in [0.1, 0.15) is 0 Å². The van der Waals surface area contributed by atoms with Crippen molar-refractivity contribution in [1.29, 1.82) is 0 Å². The SMILES string of the molecule is CCCCCCCCCCCCC/C=C\C/C=C\CCCCCCCCCCCCCCCCCCCC(=O)NC(CO)C(O)/C=C/CCCCCCCCCCCCCCCC. The first-order valence-electron chi connectivity index (χ1n) is 28.7. The average molecular weight is 885 g/mol. The number of hydrogen-bond donors (Lipinski definition) is 3. The second kappa shape index (κ2) is 54.9. The van der Waals surface area contributed by atoms with E-state index in [-0.39, 0.29) is 12.5 Å². The topological polar surface area (TPSA) is 69.6 Å². The summed E-state index contributed by atoms with van der Waals surface area (Å²) >= 11 is 0. The Labute approximate surface area is 395 Å². The minimum absolute atomic E-state index is 0.0598. The third-order valence-electron chi connectivity index (χ3n) is 13.4. The molecule has 0 fully saturated rings. The summed E-state index contributed by atoms with van der Waals surface area (Å²) in [4.78, 5) is 12.5. The van der Waals surface area contributed by atoms with E-state index in [9.17, 15) is 15.0 Å². The highest BCUT2D eigenvalue weighted by Crippen LogP contribution is 2.17. The molecule has 4 heteroatoms. The molecule has 2 atom stereocenters. The highest BCUT2D eigenvalue weighted by Gasteiger charge is 2.18. The van der Waals surface area contributed by atoms with Gasteiger partial charge in [-0.2, -0.15) is 0 Å². The molecule has 3 N–H and O–H groups in total. The highest BCUT2D eigenvalue weighted by molar-refractivity contribution is 5.76. The lowest BCUT2D eigenvalue weighted by atomic mass is 10.0. The first kappa shape index (κ1) is 61.6. The summed E-state index contributed by atoms with van der Waals surface area (Å²) in [6.45, 7) is 4.34. The van der Waals surface area contributed by atoms with Crippen LogP contribution in [0, 0.1) is 0 Å². The quantitative estimate of drug-likeness (QED) is 0.0421. The van der Waals surface area contributed by atoms with Gasteiger partial charge < -0.3 is 15.5 Å². The van der Waals surface area contributed by atoms with E-state index in [1.807, 2.05) is 6.08 Å². The van der Waals surface area contributed by atoms with Crippen molar-refractivity contribution < 1.29 is 15.0 Å². The molecule has 2 unspecified atom stereocenters. The predicted octanol–water partition coefficient (Wildman–Crippen LogP) is 18.9. The maximum atomic E-state index is 12.5. The van der Waals surface area contributed by atoms with Crippen LogP contribution >= 0.6 is 0 Å². The number of allylic oxidation sites excluding steroid dienone is 5. The second-order valence-corrected chi connectivity index (χ2v) is 19.7. The normalized spacial score (nSPS) is 13.0. The molecule has 0 aromatic heterocycles. The molecule has 0 aromatic carbocycles. The maximum absolute atomic E-state index is 12.5. The van der Waals surface area contributed by atoms with Gasteiger partial charge in [0.05, 0.1) is 18.8 Å². The van der Waals surface area contributed by atoms with Crippen LogP contribution in [0.4, 0.5) is 0 Å². The molecule has 0 aliphatic rings. The van der Waals surface area contributed by atoms with Gasteiger partial charge in [0.2, 0.25) is 5.91 Å². The monoisotopic (exact) mass is 884 g/mol. The Balaban J connectivity index is 3.44. The smallest absolute Gasteiger partial charge is 0.220 e. The van der Waals surface area contributed by atoms with Crippen LogP contribution < -0.4 is 5.32 Å². The Kier molecular flexibility index (Phi) is 53.7. The van der Waals surface area contributed by atoms with E-state index in [0.717, 1.165) is 32.1 Å². The highest BCUT2D eigenvalue weighted by atomic mass is 16.3. The molecule has 0 heterocycles. The van der Waals surface area contributed by atoms with Gasteiger partial charge in [0.15, 0.2) is 0 Å². The van der Waals surface area contributed by atoms with Crippen LogP contribution in [-0.2, 0) is 4.79 Å². The summed E-state index contributed by atoms with van der Waals surface area (Å²) in [5.41, 5.74) is 0. The van der Waals surface area contributed by atoms with E-state index in [4.69, 9.17) is 0 Å². The Morgan fingerprint density at radius 1 is 0.381 bits per heavy atom. The molecule has 63 heavy (non-hydrogen) atoms. The van der Waals surface area contributed by atoms with Crippen LogP contribution in [0.3, 0.4) is 0 Å². The second-order valence-electron chi connectivity index (χ2n) is 19.7. The van der Waals surface area contributed by atoms with Crippen molar-refractivity contribution in [2.24, 2.45) is 0 Å². The summed E-state index contributed by atoms with van der Waals surface area (Å²) in [5.74, 6) is -0.0598. The number of unbranched alkanes of at least 4 members (excludes halogenated alkanes) is 42. The summed E-state index contributed by atoms with van der Waals surface area (Å²) in [6.07, 6.45) is 74.6. The average Bonchev–Trinajstić information content (AvgIpc) is 3.29. The number of carbonyl (C=O) groups is 1. The van der Waals surface area contributed by atoms with Crippen LogP contribution in [0.15, 0.2) is 36.5 Å². The molecule has 0 bridgehead atoms. The zero-order chi connectivity index (χ0) is 45.6. The zero-order valence-corrected chi connectivity index (χ0v) is 42.9. The van der Waals surface area contributed by atoms with E-state index in [1.165, 1.54) is 263 Å². The van der Waals surface area contributed by atoms with E-state index >= 15 is 0 Å². The minimum Gasteiger partial charge on any atom is -0.394 e. The Hall–Kier alpha value is -1.39. The molecule has 1 amide bonds. The van der Waals surface area contributed by atoms with E-state index in [1.54, 1.807) is 6.08 Å². The van der Waals surface area contributed by atoms with Gasteiger partial charge >= 0.3 is 0 Å². The van der Waals surface area contributed by atoms with E-state index < -0.39 is 12.1 Å². The largest absolute Gasteiger partial charge is 0.394 e. The van der Waals surface area contributed by atoms with Gasteiger partial charge in [-0.05, 0) is 51.4 Å². The lowest BCUT2D eigenvalue weighted by Crippen LogP contribution is -2.45. The number of rotatable bonds is 53. The summed E-state index contributed by atoms with van der Waals surface area (Å²) in [7, 11) is 0. The Morgan fingerprint density at radius 3 is 0.952 bits per heavy atom. The lowest BCUT2D eigenvalue weighted by Gasteiger charge is -2.20. The van der Waals surface area contributed by atoms with Crippen molar-refractivity contribution in [3.63, 3.8) is 0 Å². The molecule has 0 saturated carbocycles. The van der Waals surface area contributed by atoms with Crippen molar-refractivity contribution in [2.45, 2.75) is 328 Å². The van der Waals surface area contributed by atoms with Crippen molar-refractivity contribution >= 4 is 5.91 Å².